The van der Waals surface area contributed by atoms with Gasteiger partial charge in [0, 0.05) is 25.2 Å². The molecule has 1 aromatic carbocycles. The molecule has 0 saturated carbocycles. The van der Waals surface area contributed by atoms with Crippen molar-refractivity contribution in [2.75, 3.05) is 32.6 Å². The van der Waals surface area contributed by atoms with Gasteiger partial charge in [0.05, 0.1) is 23.6 Å². The van der Waals surface area contributed by atoms with Crippen LogP contribution >= 0.6 is 22.9 Å². The summed E-state index contributed by atoms with van der Waals surface area (Å²) in [6, 6.07) is 7.25. The van der Waals surface area contributed by atoms with E-state index in [1.807, 2.05) is 25.1 Å². The van der Waals surface area contributed by atoms with Crippen LogP contribution in [0.3, 0.4) is 0 Å². The average molecular weight is 452 g/mol. The zero-order valence-corrected chi connectivity index (χ0v) is 19.2. The molecule has 2 N–H and O–H groups in total. The van der Waals surface area contributed by atoms with Crippen molar-refractivity contribution in [3.63, 3.8) is 0 Å². The molecule has 2 rings (SSSR count). The maximum atomic E-state index is 12.5. The average Bonchev–Trinajstić information content (AvgIpc) is 3.01. The van der Waals surface area contributed by atoms with E-state index in [0.29, 0.717) is 20.5 Å². The lowest BCUT2D eigenvalue weighted by atomic mass is 10.1. The van der Waals surface area contributed by atoms with Gasteiger partial charge in [0.1, 0.15) is 5.00 Å². The van der Waals surface area contributed by atoms with Gasteiger partial charge in [0.25, 0.3) is 5.91 Å². The van der Waals surface area contributed by atoms with Crippen molar-refractivity contribution < 1.29 is 19.1 Å². The van der Waals surface area contributed by atoms with Gasteiger partial charge >= 0.3 is 5.97 Å². The number of benzene rings is 1. The molecule has 1 heterocycles. The highest BCUT2D eigenvalue weighted by Gasteiger charge is 2.27. The Morgan fingerprint density at radius 3 is 2.50 bits per heavy atom. The number of nitrogens with zero attached hydrogens (tertiary/aromatic N) is 1. The summed E-state index contributed by atoms with van der Waals surface area (Å²) in [5, 5.41) is 6.77. The molecule has 0 spiro atoms. The molecule has 2 aromatic rings. The van der Waals surface area contributed by atoms with Gasteiger partial charge in [-0.15, -0.1) is 11.3 Å². The minimum absolute atomic E-state index is 0.00254. The van der Waals surface area contributed by atoms with E-state index in [1.54, 1.807) is 34.0 Å². The highest BCUT2D eigenvalue weighted by molar-refractivity contribution is 7.18. The van der Waals surface area contributed by atoms with E-state index in [-0.39, 0.29) is 36.6 Å². The summed E-state index contributed by atoms with van der Waals surface area (Å²) in [5.41, 5.74) is 1.58. The second-order valence-corrected chi connectivity index (χ2v) is 8.28. The molecular weight excluding hydrogens is 426 g/mol. The van der Waals surface area contributed by atoms with Crippen molar-refractivity contribution in [3.05, 3.63) is 50.9 Å². The number of esters is 1. The Hall–Kier alpha value is -2.42. The monoisotopic (exact) mass is 451 g/mol. The number of carbonyl (C=O) groups excluding carboxylic acids is 3. The topological polar surface area (TPSA) is 87.7 Å². The van der Waals surface area contributed by atoms with E-state index in [2.05, 4.69) is 10.6 Å². The molecule has 0 radical (unpaired) electrons. The standard InChI is InChI=1S/C21H26ClN3O4S/c1-6-29-21(28)17-12(2)18(20(27)25(4)5)30-19(17)24-16(26)11-23-13(3)14-9-7-8-10-15(14)22/h7-10,13,23H,6,11H2,1-5H3,(H,24,26)/t13-/m1/s1. The van der Waals surface area contributed by atoms with Crippen molar-refractivity contribution in [3.8, 4) is 0 Å². The number of amides is 2. The maximum absolute atomic E-state index is 12.5. The van der Waals surface area contributed by atoms with E-state index in [0.717, 1.165) is 16.9 Å². The number of nitrogens with one attached hydrogen (secondary N) is 2. The van der Waals surface area contributed by atoms with Crippen molar-refractivity contribution in [1.82, 2.24) is 10.2 Å². The SMILES string of the molecule is CCOC(=O)c1c(NC(=O)CN[C@H](C)c2ccccc2Cl)sc(C(=O)N(C)C)c1C. The van der Waals surface area contributed by atoms with Gasteiger partial charge < -0.3 is 20.3 Å². The lowest BCUT2D eigenvalue weighted by Gasteiger charge is -2.15. The molecule has 0 saturated heterocycles. The predicted octanol–water partition coefficient (Wildman–Crippen LogP) is 3.88. The summed E-state index contributed by atoms with van der Waals surface area (Å²) < 4.78 is 5.12. The Labute approximate surface area is 185 Å². The molecule has 1 atom stereocenters. The quantitative estimate of drug-likeness (QED) is 0.595. The second-order valence-electron chi connectivity index (χ2n) is 6.85. The van der Waals surface area contributed by atoms with E-state index in [9.17, 15) is 14.4 Å². The predicted molar refractivity (Wildman–Crippen MR) is 120 cm³/mol. The van der Waals surface area contributed by atoms with Gasteiger partial charge in [0.2, 0.25) is 5.91 Å². The van der Waals surface area contributed by atoms with Gasteiger partial charge in [0.15, 0.2) is 0 Å². The summed E-state index contributed by atoms with van der Waals surface area (Å²) in [5.74, 6) is -1.16. The Kier molecular flexibility index (Phi) is 8.40. The zero-order chi connectivity index (χ0) is 22.4. The fourth-order valence-corrected chi connectivity index (χ4v) is 4.34. The number of ether oxygens (including phenoxy) is 1. The number of halogens is 1. The fraction of sp³-hybridized carbons (Fsp3) is 0.381. The van der Waals surface area contributed by atoms with Crippen molar-refractivity contribution in [2.45, 2.75) is 26.8 Å². The third-order valence-corrected chi connectivity index (χ3v) is 5.96. The first-order valence-corrected chi connectivity index (χ1v) is 10.7. The Bertz CT molecular complexity index is 942. The van der Waals surface area contributed by atoms with Gasteiger partial charge in [-0.05, 0) is 38.0 Å². The molecule has 0 unspecified atom stereocenters. The lowest BCUT2D eigenvalue weighted by Crippen LogP contribution is -2.30. The number of rotatable bonds is 8. The summed E-state index contributed by atoms with van der Waals surface area (Å²) in [6.45, 7) is 5.47. The Morgan fingerprint density at radius 2 is 1.90 bits per heavy atom. The summed E-state index contributed by atoms with van der Waals surface area (Å²) in [6.07, 6.45) is 0. The molecule has 0 fully saturated rings. The minimum Gasteiger partial charge on any atom is -0.462 e. The highest BCUT2D eigenvalue weighted by Crippen LogP contribution is 2.34. The molecule has 1 aromatic heterocycles. The van der Waals surface area contributed by atoms with Crippen LogP contribution in [0.4, 0.5) is 5.00 Å². The van der Waals surface area contributed by atoms with Crippen LogP contribution in [0.5, 0.6) is 0 Å². The maximum Gasteiger partial charge on any atom is 0.341 e. The van der Waals surface area contributed by atoms with Crippen LogP contribution in [0.25, 0.3) is 0 Å². The van der Waals surface area contributed by atoms with Crippen LogP contribution in [-0.4, -0.2) is 49.9 Å². The van der Waals surface area contributed by atoms with Crippen molar-refractivity contribution in [1.29, 1.82) is 0 Å². The molecule has 9 heteroatoms. The molecule has 0 bridgehead atoms. The van der Waals surface area contributed by atoms with Crippen molar-refractivity contribution in [2.24, 2.45) is 0 Å². The van der Waals surface area contributed by atoms with Crippen LogP contribution in [0, 0.1) is 6.92 Å². The van der Waals surface area contributed by atoms with Gasteiger partial charge in [-0.3, -0.25) is 9.59 Å². The summed E-state index contributed by atoms with van der Waals surface area (Å²) in [4.78, 5) is 39.2. The Morgan fingerprint density at radius 1 is 1.23 bits per heavy atom. The Balaban J connectivity index is 2.18. The van der Waals surface area contributed by atoms with Crippen LogP contribution in [-0.2, 0) is 9.53 Å². The first-order chi connectivity index (χ1) is 14.2. The molecule has 30 heavy (non-hydrogen) atoms. The number of anilines is 1. The van der Waals surface area contributed by atoms with Crippen LogP contribution in [0.1, 0.15) is 51.0 Å². The zero-order valence-electron chi connectivity index (χ0n) is 17.7. The molecule has 0 aliphatic rings. The normalized spacial score (nSPS) is 11.7. The van der Waals surface area contributed by atoms with E-state index >= 15 is 0 Å². The number of carbonyl (C=O) groups is 3. The van der Waals surface area contributed by atoms with E-state index < -0.39 is 5.97 Å². The van der Waals surface area contributed by atoms with Gasteiger partial charge in [-0.1, -0.05) is 29.8 Å². The lowest BCUT2D eigenvalue weighted by molar-refractivity contribution is -0.115. The molecule has 7 nitrogen and oxygen atoms in total. The van der Waals surface area contributed by atoms with Crippen LogP contribution in [0.15, 0.2) is 24.3 Å². The molecule has 162 valence electrons. The first kappa shape index (κ1) is 23.9. The van der Waals surface area contributed by atoms with Gasteiger partial charge in [-0.25, -0.2) is 4.79 Å². The van der Waals surface area contributed by atoms with E-state index in [1.165, 1.54) is 4.90 Å². The third kappa shape index (κ3) is 5.59. The number of hydrogen-bond donors (Lipinski definition) is 2. The van der Waals surface area contributed by atoms with Crippen LogP contribution < -0.4 is 10.6 Å². The fourth-order valence-electron chi connectivity index (χ4n) is 2.81. The smallest absolute Gasteiger partial charge is 0.341 e. The summed E-state index contributed by atoms with van der Waals surface area (Å²) in [7, 11) is 3.26. The molecular formula is C21H26ClN3O4S. The highest BCUT2D eigenvalue weighted by atomic mass is 35.5. The van der Waals surface area contributed by atoms with E-state index in [4.69, 9.17) is 16.3 Å². The molecule has 0 aliphatic heterocycles. The summed E-state index contributed by atoms with van der Waals surface area (Å²) >= 11 is 7.26. The largest absolute Gasteiger partial charge is 0.462 e. The van der Waals surface area contributed by atoms with Gasteiger partial charge in [-0.2, -0.15) is 0 Å². The number of thiophene rings is 1. The molecule has 0 aliphatic carbocycles. The van der Waals surface area contributed by atoms with Crippen molar-refractivity contribution >= 4 is 45.7 Å². The van der Waals surface area contributed by atoms with Crippen LogP contribution in [0.2, 0.25) is 5.02 Å². The minimum atomic E-state index is -0.572. The number of hydrogen-bond acceptors (Lipinski definition) is 6. The first-order valence-electron chi connectivity index (χ1n) is 9.47. The second kappa shape index (κ2) is 10.6. The molecule has 2 amide bonds. The third-order valence-electron chi connectivity index (χ3n) is 4.42.